The highest BCUT2D eigenvalue weighted by Gasteiger charge is 2.38. The summed E-state index contributed by atoms with van der Waals surface area (Å²) in [6, 6.07) is 0. The van der Waals surface area contributed by atoms with Gasteiger partial charge in [0.2, 0.25) is 5.91 Å². The lowest BCUT2D eigenvalue weighted by Crippen LogP contribution is -2.21. The highest BCUT2D eigenvalue weighted by Crippen LogP contribution is 2.13. The van der Waals surface area contributed by atoms with Crippen LogP contribution in [-0.4, -0.2) is 41.7 Å². The van der Waals surface area contributed by atoms with Crippen LogP contribution in [0.4, 0.5) is 13.2 Å². The zero-order valence-electron chi connectivity index (χ0n) is 7.47. The van der Waals surface area contributed by atoms with E-state index in [1.807, 2.05) is 7.05 Å². The van der Waals surface area contributed by atoms with E-state index in [1.165, 1.54) is 0 Å². The molecule has 1 rings (SSSR count). The number of carboxylic acids is 1. The molecule has 0 aromatic carbocycles. The van der Waals surface area contributed by atoms with Crippen LogP contribution in [0.1, 0.15) is 12.8 Å². The van der Waals surface area contributed by atoms with E-state index in [4.69, 9.17) is 9.90 Å². The Balaban J connectivity index is 0.000000241. The normalized spacial score (nSPS) is 16.3. The van der Waals surface area contributed by atoms with E-state index >= 15 is 0 Å². The standard InChI is InChI=1S/C5H9NO.C2HF3O2/c1-6-4-2-3-5(6)7;3-2(4,5)1(6)7/h2-4H2,1H3;(H,6,7). The van der Waals surface area contributed by atoms with Crippen LogP contribution in [0.3, 0.4) is 0 Å². The molecule has 0 aliphatic carbocycles. The van der Waals surface area contributed by atoms with Gasteiger partial charge in [-0.3, -0.25) is 4.79 Å². The molecule has 1 aliphatic heterocycles. The number of carboxylic acid groups (broad SMARTS) is 1. The third-order valence-electron chi connectivity index (χ3n) is 1.55. The molecule has 82 valence electrons. The van der Waals surface area contributed by atoms with Crippen molar-refractivity contribution < 1.29 is 27.9 Å². The summed E-state index contributed by atoms with van der Waals surface area (Å²) < 4.78 is 31.7. The Bertz CT molecular complexity index is 225. The minimum absolute atomic E-state index is 0.292. The van der Waals surface area contributed by atoms with E-state index in [0.717, 1.165) is 19.4 Å². The molecule has 1 N–H and O–H groups in total. The monoisotopic (exact) mass is 213 g/mol. The summed E-state index contributed by atoms with van der Waals surface area (Å²) in [6.07, 6.45) is -3.27. The van der Waals surface area contributed by atoms with Crippen LogP contribution in [0, 0.1) is 0 Å². The number of nitrogens with zero attached hydrogens (tertiary/aromatic N) is 1. The number of likely N-dealkylation sites (tertiary alicyclic amines) is 1. The number of rotatable bonds is 0. The van der Waals surface area contributed by atoms with Gasteiger partial charge in [-0.15, -0.1) is 0 Å². The quantitative estimate of drug-likeness (QED) is 0.649. The first-order valence-electron chi connectivity index (χ1n) is 3.79. The highest BCUT2D eigenvalue weighted by atomic mass is 19.4. The minimum atomic E-state index is -5.08. The van der Waals surface area contributed by atoms with Gasteiger partial charge in [0.05, 0.1) is 0 Å². The van der Waals surface area contributed by atoms with Gasteiger partial charge in [-0.2, -0.15) is 13.2 Å². The first kappa shape index (κ1) is 12.7. The number of aliphatic carboxylic acids is 1. The van der Waals surface area contributed by atoms with Crippen molar-refractivity contribution in [2.24, 2.45) is 0 Å². The molecule has 1 heterocycles. The van der Waals surface area contributed by atoms with Crippen LogP contribution in [0.15, 0.2) is 0 Å². The average molecular weight is 213 g/mol. The van der Waals surface area contributed by atoms with Crippen LogP contribution >= 0.6 is 0 Å². The number of carbonyl (C=O) groups is 2. The van der Waals surface area contributed by atoms with Gasteiger partial charge in [-0.05, 0) is 6.42 Å². The Morgan fingerprint density at radius 1 is 1.50 bits per heavy atom. The molecule has 1 saturated heterocycles. The predicted molar refractivity (Wildman–Crippen MR) is 40.6 cm³/mol. The fraction of sp³-hybridized carbons (Fsp3) is 0.714. The highest BCUT2D eigenvalue weighted by molar-refractivity contribution is 5.77. The molecule has 0 bridgehead atoms. The van der Waals surface area contributed by atoms with E-state index in [-0.39, 0.29) is 0 Å². The van der Waals surface area contributed by atoms with Gasteiger partial charge in [0.25, 0.3) is 0 Å². The maximum Gasteiger partial charge on any atom is 0.490 e. The van der Waals surface area contributed by atoms with E-state index in [2.05, 4.69) is 0 Å². The summed E-state index contributed by atoms with van der Waals surface area (Å²) in [7, 11) is 1.84. The molecular weight excluding hydrogens is 203 g/mol. The molecule has 1 aliphatic rings. The largest absolute Gasteiger partial charge is 0.490 e. The lowest BCUT2D eigenvalue weighted by Gasteiger charge is -2.03. The van der Waals surface area contributed by atoms with E-state index in [0.29, 0.717) is 5.91 Å². The third-order valence-corrected chi connectivity index (χ3v) is 1.55. The average Bonchev–Trinajstić information content (AvgIpc) is 2.35. The van der Waals surface area contributed by atoms with Crippen molar-refractivity contribution in [1.29, 1.82) is 0 Å². The van der Waals surface area contributed by atoms with Crippen LogP contribution in [0.5, 0.6) is 0 Å². The van der Waals surface area contributed by atoms with Crippen molar-refractivity contribution in [3.8, 4) is 0 Å². The van der Waals surface area contributed by atoms with Crippen molar-refractivity contribution in [1.82, 2.24) is 4.90 Å². The predicted octanol–water partition coefficient (Wildman–Crippen LogP) is 0.872. The zero-order chi connectivity index (χ0) is 11.4. The summed E-state index contributed by atoms with van der Waals surface area (Å²) >= 11 is 0. The minimum Gasteiger partial charge on any atom is -0.475 e. The SMILES string of the molecule is CN1CCCC1=O.O=C(O)C(F)(F)F. The van der Waals surface area contributed by atoms with E-state index in [1.54, 1.807) is 4.90 Å². The summed E-state index contributed by atoms with van der Waals surface area (Å²) in [5.74, 6) is -2.47. The van der Waals surface area contributed by atoms with Gasteiger partial charge >= 0.3 is 12.1 Å². The smallest absolute Gasteiger partial charge is 0.475 e. The second-order valence-electron chi connectivity index (χ2n) is 2.72. The molecule has 14 heavy (non-hydrogen) atoms. The Labute approximate surface area is 78.3 Å². The van der Waals surface area contributed by atoms with E-state index in [9.17, 15) is 18.0 Å². The molecule has 4 nitrogen and oxygen atoms in total. The van der Waals surface area contributed by atoms with Gasteiger partial charge < -0.3 is 10.0 Å². The molecule has 7 heteroatoms. The molecule has 0 radical (unpaired) electrons. The fourth-order valence-electron chi connectivity index (χ4n) is 0.783. The van der Waals surface area contributed by atoms with Gasteiger partial charge in [0, 0.05) is 20.0 Å². The third kappa shape index (κ3) is 4.68. The van der Waals surface area contributed by atoms with Crippen molar-refractivity contribution in [2.75, 3.05) is 13.6 Å². The van der Waals surface area contributed by atoms with Crippen molar-refractivity contribution in [2.45, 2.75) is 19.0 Å². The zero-order valence-corrected chi connectivity index (χ0v) is 7.47. The molecule has 0 atom stereocenters. The number of carbonyl (C=O) groups excluding carboxylic acids is 1. The van der Waals surface area contributed by atoms with Crippen molar-refractivity contribution >= 4 is 11.9 Å². The van der Waals surface area contributed by atoms with Crippen LogP contribution in [0.2, 0.25) is 0 Å². The number of hydrogen-bond acceptors (Lipinski definition) is 2. The summed E-state index contributed by atoms with van der Waals surface area (Å²) in [5, 5.41) is 7.12. The Morgan fingerprint density at radius 3 is 2.00 bits per heavy atom. The number of amides is 1. The van der Waals surface area contributed by atoms with Gasteiger partial charge in [0.1, 0.15) is 0 Å². The molecule has 0 aromatic heterocycles. The Kier molecular flexibility index (Phi) is 4.39. The van der Waals surface area contributed by atoms with Gasteiger partial charge in [-0.25, -0.2) is 4.79 Å². The van der Waals surface area contributed by atoms with Crippen LogP contribution in [-0.2, 0) is 9.59 Å². The lowest BCUT2D eigenvalue weighted by molar-refractivity contribution is -0.192. The fourth-order valence-corrected chi connectivity index (χ4v) is 0.783. The van der Waals surface area contributed by atoms with Crippen LogP contribution < -0.4 is 0 Å². The maximum absolute atomic E-state index is 10.6. The molecular formula is C7H10F3NO3. The maximum atomic E-state index is 10.6. The van der Waals surface area contributed by atoms with E-state index < -0.39 is 12.1 Å². The Morgan fingerprint density at radius 2 is 1.93 bits per heavy atom. The topological polar surface area (TPSA) is 57.6 Å². The van der Waals surface area contributed by atoms with Crippen molar-refractivity contribution in [3.05, 3.63) is 0 Å². The molecule has 0 spiro atoms. The van der Waals surface area contributed by atoms with Gasteiger partial charge in [-0.1, -0.05) is 0 Å². The van der Waals surface area contributed by atoms with Crippen molar-refractivity contribution in [3.63, 3.8) is 0 Å². The molecule has 0 aromatic rings. The lowest BCUT2D eigenvalue weighted by atomic mass is 10.4. The molecule has 1 amide bonds. The second kappa shape index (κ2) is 4.83. The number of halogens is 3. The molecule has 1 fully saturated rings. The number of hydrogen-bond donors (Lipinski definition) is 1. The first-order chi connectivity index (χ1) is 6.25. The summed E-state index contributed by atoms with van der Waals surface area (Å²) in [5.41, 5.74) is 0. The number of alkyl halides is 3. The van der Waals surface area contributed by atoms with Gasteiger partial charge in [0.15, 0.2) is 0 Å². The second-order valence-corrected chi connectivity index (χ2v) is 2.72. The summed E-state index contributed by atoms with van der Waals surface area (Å²) in [4.78, 5) is 21.2. The summed E-state index contributed by atoms with van der Waals surface area (Å²) in [6.45, 7) is 0.957. The molecule has 0 unspecified atom stereocenters. The first-order valence-corrected chi connectivity index (χ1v) is 3.79. The van der Waals surface area contributed by atoms with Crippen LogP contribution in [0.25, 0.3) is 0 Å². The molecule has 0 saturated carbocycles. The Hall–Kier alpha value is -1.27.